The summed E-state index contributed by atoms with van der Waals surface area (Å²) in [6.45, 7) is 8.25. The molecule has 20 heavy (non-hydrogen) atoms. The highest BCUT2D eigenvalue weighted by atomic mass is 16.5. The average Bonchev–Trinajstić information content (AvgIpc) is 2.39. The molecule has 0 aromatic heterocycles. The van der Waals surface area contributed by atoms with Crippen LogP contribution in [0.25, 0.3) is 0 Å². The van der Waals surface area contributed by atoms with Gasteiger partial charge in [-0.25, -0.2) is 0 Å². The third kappa shape index (κ3) is 4.74. The van der Waals surface area contributed by atoms with E-state index in [1.165, 1.54) is 26.4 Å². The molecule has 0 bridgehead atoms. The molecular weight excluding hydrogens is 252 g/mol. The Balaban J connectivity index is 2.55. The molecule has 4 heteroatoms. The molecule has 0 saturated heterocycles. The van der Waals surface area contributed by atoms with Crippen LogP contribution in [0.15, 0.2) is 0 Å². The average molecular weight is 284 g/mol. The molecule has 0 radical (unpaired) electrons. The van der Waals surface area contributed by atoms with Gasteiger partial charge in [-0.2, -0.15) is 0 Å². The van der Waals surface area contributed by atoms with Crippen molar-refractivity contribution < 1.29 is 9.53 Å². The molecule has 0 heterocycles. The van der Waals surface area contributed by atoms with E-state index in [1.54, 1.807) is 0 Å². The predicted octanol–water partition coefficient (Wildman–Crippen LogP) is 2.43. The van der Waals surface area contributed by atoms with Crippen LogP contribution in [0.3, 0.4) is 0 Å². The van der Waals surface area contributed by atoms with Gasteiger partial charge in [-0.15, -0.1) is 0 Å². The van der Waals surface area contributed by atoms with Gasteiger partial charge in [-0.1, -0.05) is 13.3 Å². The molecule has 4 nitrogen and oxygen atoms in total. The van der Waals surface area contributed by atoms with E-state index in [-0.39, 0.29) is 5.97 Å². The fraction of sp³-hybridized carbons (Fsp3) is 0.938. The van der Waals surface area contributed by atoms with Crippen LogP contribution in [-0.2, 0) is 9.53 Å². The lowest BCUT2D eigenvalue weighted by Gasteiger charge is -2.37. The van der Waals surface area contributed by atoms with Crippen molar-refractivity contribution in [3.8, 4) is 0 Å². The van der Waals surface area contributed by atoms with Gasteiger partial charge < -0.3 is 15.0 Å². The minimum atomic E-state index is -0.585. The van der Waals surface area contributed by atoms with Crippen molar-refractivity contribution >= 4 is 5.97 Å². The molecule has 0 aliphatic heterocycles. The summed E-state index contributed by atoms with van der Waals surface area (Å²) in [5.74, 6) is 0.699. The number of hydrogen-bond donors (Lipinski definition) is 1. The lowest BCUT2D eigenvalue weighted by atomic mass is 9.84. The van der Waals surface area contributed by atoms with E-state index in [0.717, 1.165) is 31.8 Å². The standard InChI is InChI=1S/C16H32N2O2/c1-6-10-17-16(3,15(19)20-5)11-13(2)18(4)12-14-8-7-9-14/h13-14,17H,6-12H2,1-5H3. The number of carbonyl (C=O) groups is 1. The zero-order chi connectivity index (χ0) is 15.2. The Labute approximate surface area is 124 Å². The number of hydrogen-bond acceptors (Lipinski definition) is 4. The first-order chi connectivity index (χ1) is 9.42. The first-order valence-corrected chi connectivity index (χ1v) is 7.96. The van der Waals surface area contributed by atoms with Crippen LogP contribution < -0.4 is 5.32 Å². The van der Waals surface area contributed by atoms with Gasteiger partial charge in [-0.05, 0) is 59.0 Å². The maximum Gasteiger partial charge on any atom is 0.325 e. The fourth-order valence-electron chi connectivity index (χ4n) is 2.86. The van der Waals surface area contributed by atoms with E-state index >= 15 is 0 Å². The van der Waals surface area contributed by atoms with Crippen molar-refractivity contribution in [2.75, 3.05) is 27.2 Å². The third-order valence-electron chi connectivity index (χ3n) is 4.63. The highest BCUT2D eigenvalue weighted by molar-refractivity contribution is 5.80. The Morgan fingerprint density at radius 1 is 1.50 bits per heavy atom. The number of methoxy groups -OCH3 is 1. The summed E-state index contributed by atoms with van der Waals surface area (Å²) in [5.41, 5.74) is -0.585. The summed E-state index contributed by atoms with van der Waals surface area (Å²) in [6, 6.07) is 0.365. The maximum atomic E-state index is 12.1. The predicted molar refractivity (Wildman–Crippen MR) is 82.8 cm³/mol. The number of rotatable bonds is 9. The van der Waals surface area contributed by atoms with E-state index in [2.05, 4.69) is 31.1 Å². The van der Waals surface area contributed by atoms with E-state index in [0.29, 0.717) is 6.04 Å². The molecule has 1 N–H and O–H groups in total. The van der Waals surface area contributed by atoms with Crippen molar-refractivity contribution in [3.05, 3.63) is 0 Å². The van der Waals surface area contributed by atoms with Crippen LogP contribution in [0.5, 0.6) is 0 Å². The van der Waals surface area contributed by atoms with Crippen LogP contribution in [0, 0.1) is 5.92 Å². The molecule has 1 rings (SSSR count). The van der Waals surface area contributed by atoms with Crippen LogP contribution >= 0.6 is 0 Å². The van der Waals surface area contributed by atoms with Gasteiger partial charge in [0.05, 0.1) is 7.11 Å². The number of nitrogens with zero attached hydrogens (tertiary/aromatic N) is 1. The quantitative estimate of drug-likeness (QED) is 0.660. The highest BCUT2D eigenvalue weighted by Crippen LogP contribution is 2.28. The zero-order valence-corrected chi connectivity index (χ0v) is 13.9. The van der Waals surface area contributed by atoms with Crippen LogP contribution in [0.2, 0.25) is 0 Å². The van der Waals surface area contributed by atoms with E-state index in [4.69, 9.17) is 4.74 Å². The van der Waals surface area contributed by atoms with Crippen LogP contribution in [0.1, 0.15) is 52.9 Å². The van der Waals surface area contributed by atoms with Crippen molar-refractivity contribution in [3.63, 3.8) is 0 Å². The lowest BCUT2D eigenvalue weighted by Crippen LogP contribution is -2.54. The highest BCUT2D eigenvalue weighted by Gasteiger charge is 2.36. The van der Waals surface area contributed by atoms with E-state index in [9.17, 15) is 4.79 Å². The summed E-state index contributed by atoms with van der Waals surface area (Å²) in [5, 5.41) is 3.36. The Kier molecular flexibility index (Phi) is 6.96. The topological polar surface area (TPSA) is 41.6 Å². The molecule has 2 atom stereocenters. The van der Waals surface area contributed by atoms with Gasteiger partial charge in [0.25, 0.3) is 0 Å². The van der Waals surface area contributed by atoms with Crippen molar-refractivity contribution in [1.29, 1.82) is 0 Å². The number of ether oxygens (including phenoxy) is 1. The smallest absolute Gasteiger partial charge is 0.325 e. The molecule has 118 valence electrons. The van der Waals surface area contributed by atoms with Crippen molar-refractivity contribution in [2.45, 2.75) is 64.5 Å². The maximum absolute atomic E-state index is 12.1. The lowest BCUT2D eigenvalue weighted by molar-refractivity contribution is -0.148. The molecule has 1 aliphatic rings. The zero-order valence-electron chi connectivity index (χ0n) is 13.9. The summed E-state index contributed by atoms with van der Waals surface area (Å²) in [4.78, 5) is 14.5. The molecule has 0 spiro atoms. The minimum absolute atomic E-state index is 0.158. The van der Waals surface area contributed by atoms with Crippen molar-refractivity contribution in [2.24, 2.45) is 5.92 Å². The summed E-state index contributed by atoms with van der Waals surface area (Å²) >= 11 is 0. The molecule has 2 unspecified atom stereocenters. The molecule has 1 saturated carbocycles. The second-order valence-electron chi connectivity index (χ2n) is 6.54. The third-order valence-corrected chi connectivity index (χ3v) is 4.63. The molecular formula is C16H32N2O2. The molecule has 0 aromatic carbocycles. The SMILES string of the molecule is CCCNC(C)(CC(C)N(C)CC1CCC1)C(=O)OC. The van der Waals surface area contributed by atoms with Crippen molar-refractivity contribution in [1.82, 2.24) is 10.2 Å². The minimum Gasteiger partial charge on any atom is -0.468 e. The number of esters is 1. The van der Waals surface area contributed by atoms with E-state index < -0.39 is 5.54 Å². The molecule has 1 fully saturated rings. The Bertz CT molecular complexity index is 305. The first-order valence-electron chi connectivity index (χ1n) is 7.96. The Hall–Kier alpha value is -0.610. The first kappa shape index (κ1) is 17.4. The second kappa shape index (κ2) is 7.99. The van der Waals surface area contributed by atoms with Crippen LogP contribution in [0.4, 0.5) is 0 Å². The van der Waals surface area contributed by atoms with Gasteiger partial charge in [0, 0.05) is 12.6 Å². The molecule has 0 aromatic rings. The number of nitrogens with one attached hydrogen (secondary N) is 1. The molecule has 1 aliphatic carbocycles. The van der Waals surface area contributed by atoms with Gasteiger partial charge in [0.15, 0.2) is 0 Å². The summed E-state index contributed by atoms with van der Waals surface area (Å²) in [7, 11) is 3.64. The van der Waals surface area contributed by atoms with Gasteiger partial charge in [0.2, 0.25) is 0 Å². The summed E-state index contributed by atoms with van der Waals surface area (Å²) in [6.07, 6.45) is 5.89. The monoisotopic (exact) mass is 284 g/mol. The van der Waals surface area contributed by atoms with Gasteiger partial charge in [0.1, 0.15) is 5.54 Å². The normalized spacial score (nSPS) is 20.3. The largest absolute Gasteiger partial charge is 0.468 e. The fourth-order valence-corrected chi connectivity index (χ4v) is 2.86. The van der Waals surface area contributed by atoms with Crippen LogP contribution in [-0.4, -0.2) is 49.7 Å². The van der Waals surface area contributed by atoms with Gasteiger partial charge in [-0.3, -0.25) is 4.79 Å². The molecule has 0 amide bonds. The van der Waals surface area contributed by atoms with Gasteiger partial charge >= 0.3 is 5.97 Å². The van der Waals surface area contributed by atoms with E-state index in [1.807, 2.05) is 6.92 Å². The summed E-state index contributed by atoms with van der Waals surface area (Å²) < 4.78 is 4.99. The second-order valence-corrected chi connectivity index (χ2v) is 6.54. The Morgan fingerprint density at radius 3 is 2.60 bits per heavy atom. The Morgan fingerprint density at radius 2 is 2.15 bits per heavy atom. The number of carbonyl (C=O) groups excluding carboxylic acids is 1.